The van der Waals surface area contributed by atoms with Crippen LogP contribution in [0.25, 0.3) is 0 Å². The number of carbonyl (C=O) groups excluding carboxylic acids is 1. The first-order valence-corrected chi connectivity index (χ1v) is 5.37. The van der Waals surface area contributed by atoms with E-state index in [-0.39, 0.29) is 12.1 Å². The number of hydrogen-bond acceptors (Lipinski definition) is 5. The van der Waals surface area contributed by atoms with Crippen LogP contribution in [-0.2, 0) is 14.3 Å². The molecule has 2 N–H and O–H groups in total. The summed E-state index contributed by atoms with van der Waals surface area (Å²) in [5.41, 5.74) is 5.54. The van der Waals surface area contributed by atoms with Gasteiger partial charge in [0.15, 0.2) is 0 Å². The van der Waals surface area contributed by atoms with Crippen molar-refractivity contribution in [2.24, 2.45) is 5.73 Å². The van der Waals surface area contributed by atoms with E-state index in [1.807, 2.05) is 0 Å². The van der Waals surface area contributed by atoms with Crippen LogP contribution in [0.2, 0.25) is 0 Å². The van der Waals surface area contributed by atoms with Crippen LogP contribution in [0, 0.1) is 0 Å². The van der Waals surface area contributed by atoms with Gasteiger partial charge in [0, 0.05) is 26.1 Å². The van der Waals surface area contributed by atoms with Crippen molar-refractivity contribution in [3.8, 4) is 0 Å². The number of rotatable bonds is 5. The van der Waals surface area contributed by atoms with Crippen molar-refractivity contribution in [2.75, 3.05) is 39.9 Å². The molecule has 1 aliphatic rings. The SMILES string of the molecule is COC(=O)CCCN1CCOC(CN)C1. The summed E-state index contributed by atoms with van der Waals surface area (Å²) in [6, 6.07) is 0. The summed E-state index contributed by atoms with van der Waals surface area (Å²) in [6.45, 7) is 4.01. The van der Waals surface area contributed by atoms with Crippen LogP contribution in [0.5, 0.6) is 0 Å². The first kappa shape index (κ1) is 12.4. The van der Waals surface area contributed by atoms with Gasteiger partial charge in [0.25, 0.3) is 0 Å². The number of nitrogens with zero attached hydrogens (tertiary/aromatic N) is 1. The molecular formula is C10H20N2O3. The zero-order valence-corrected chi connectivity index (χ0v) is 9.28. The maximum Gasteiger partial charge on any atom is 0.305 e. The highest BCUT2D eigenvalue weighted by molar-refractivity contribution is 5.69. The van der Waals surface area contributed by atoms with E-state index in [2.05, 4.69) is 9.64 Å². The second kappa shape index (κ2) is 6.76. The molecule has 1 heterocycles. The molecular weight excluding hydrogens is 196 g/mol. The molecule has 0 bridgehead atoms. The van der Waals surface area contributed by atoms with Gasteiger partial charge in [0.1, 0.15) is 0 Å². The lowest BCUT2D eigenvalue weighted by molar-refractivity contribution is -0.140. The van der Waals surface area contributed by atoms with E-state index < -0.39 is 0 Å². The molecule has 1 unspecified atom stereocenters. The zero-order chi connectivity index (χ0) is 11.1. The van der Waals surface area contributed by atoms with Crippen molar-refractivity contribution in [1.82, 2.24) is 4.90 Å². The van der Waals surface area contributed by atoms with Gasteiger partial charge in [0.05, 0.1) is 19.8 Å². The average Bonchev–Trinajstić information content (AvgIpc) is 2.29. The Morgan fingerprint density at radius 2 is 2.47 bits per heavy atom. The highest BCUT2D eigenvalue weighted by Crippen LogP contribution is 2.05. The summed E-state index contributed by atoms with van der Waals surface area (Å²) in [5.74, 6) is -0.140. The van der Waals surface area contributed by atoms with Crippen molar-refractivity contribution >= 4 is 5.97 Å². The Morgan fingerprint density at radius 1 is 1.67 bits per heavy atom. The summed E-state index contributed by atoms with van der Waals surface area (Å²) in [6.07, 6.45) is 1.47. The molecule has 0 aliphatic carbocycles. The number of carbonyl (C=O) groups is 1. The Bertz CT molecular complexity index is 199. The summed E-state index contributed by atoms with van der Waals surface area (Å²) in [4.78, 5) is 13.2. The highest BCUT2D eigenvalue weighted by Gasteiger charge is 2.18. The lowest BCUT2D eigenvalue weighted by Gasteiger charge is -2.32. The van der Waals surface area contributed by atoms with Gasteiger partial charge in [0.2, 0.25) is 0 Å². The number of esters is 1. The van der Waals surface area contributed by atoms with E-state index in [9.17, 15) is 4.79 Å². The summed E-state index contributed by atoms with van der Waals surface area (Å²) in [7, 11) is 1.42. The van der Waals surface area contributed by atoms with Crippen LogP contribution in [0.1, 0.15) is 12.8 Å². The number of hydrogen-bond donors (Lipinski definition) is 1. The Morgan fingerprint density at radius 3 is 3.13 bits per heavy atom. The quantitative estimate of drug-likeness (QED) is 0.633. The van der Waals surface area contributed by atoms with Gasteiger partial charge >= 0.3 is 5.97 Å². The maximum absolute atomic E-state index is 10.9. The van der Waals surface area contributed by atoms with Crippen molar-refractivity contribution in [1.29, 1.82) is 0 Å². The van der Waals surface area contributed by atoms with E-state index in [0.717, 1.165) is 32.7 Å². The van der Waals surface area contributed by atoms with Crippen LogP contribution in [0.15, 0.2) is 0 Å². The topological polar surface area (TPSA) is 64.8 Å². The van der Waals surface area contributed by atoms with Crippen LogP contribution in [0.3, 0.4) is 0 Å². The molecule has 1 fully saturated rings. The van der Waals surface area contributed by atoms with Crippen molar-refractivity contribution < 1.29 is 14.3 Å². The zero-order valence-electron chi connectivity index (χ0n) is 9.28. The molecule has 0 radical (unpaired) electrons. The summed E-state index contributed by atoms with van der Waals surface area (Å²) >= 11 is 0. The number of methoxy groups -OCH3 is 1. The first-order chi connectivity index (χ1) is 7.26. The largest absolute Gasteiger partial charge is 0.469 e. The smallest absolute Gasteiger partial charge is 0.305 e. The van der Waals surface area contributed by atoms with Crippen LogP contribution in [0.4, 0.5) is 0 Å². The van der Waals surface area contributed by atoms with Crippen LogP contribution >= 0.6 is 0 Å². The Kier molecular flexibility index (Phi) is 5.60. The van der Waals surface area contributed by atoms with Crippen molar-refractivity contribution in [3.63, 3.8) is 0 Å². The fourth-order valence-electron chi connectivity index (χ4n) is 1.68. The molecule has 0 aromatic carbocycles. The van der Waals surface area contributed by atoms with Gasteiger partial charge in [-0.1, -0.05) is 0 Å². The molecule has 5 heteroatoms. The molecule has 88 valence electrons. The molecule has 1 atom stereocenters. The molecule has 0 saturated carbocycles. The van der Waals surface area contributed by atoms with E-state index in [0.29, 0.717) is 13.0 Å². The van der Waals surface area contributed by atoms with Crippen molar-refractivity contribution in [2.45, 2.75) is 18.9 Å². The van der Waals surface area contributed by atoms with E-state index in [1.54, 1.807) is 0 Å². The summed E-state index contributed by atoms with van der Waals surface area (Å²) in [5, 5.41) is 0. The third-order valence-electron chi connectivity index (χ3n) is 2.57. The third kappa shape index (κ3) is 4.59. The predicted molar refractivity (Wildman–Crippen MR) is 56.5 cm³/mol. The molecule has 0 aromatic rings. The standard InChI is InChI=1S/C10H20N2O3/c1-14-10(13)3-2-4-12-5-6-15-9(7-11)8-12/h9H,2-8,11H2,1H3. The van der Waals surface area contributed by atoms with E-state index in [1.165, 1.54) is 7.11 Å². The minimum Gasteiger partial charge on any atom is -0.469 e. The first-order valence-electron chi connectivity index (χ1n) is 5.37. The van der Waals surface area contributed by atoms with Gasteiger partial charge in [-0.15, -0.1) is 0 Å². The number of ether oxygens (including phenoxy) is 2. The summed E-state index contributed by atoms with van der Waals surface area (Å²) < 4.78 is 10.0. The predicted octanol–water partition coefficient (Wildman–Crippen LogP) is -0.401. The molecule has 0 aromatic heterocycles. The molecule has 1 aliphatic heterocycles. The van der Waals surface area contributed by atoms with Gasteiger partial charge in [-0.05, 0) is 13.0 Å². The molecule has 5 nitrogen and oxygen atoms in total. The van der Waals surface area contributed by atoms with Gasteiger partial charge in [-0.25, -0.2) is 0 Å². The van der Waals surface area contributed by atoms with Crippen LogP contribution < -0.4 is 5.73 Å². The molecule has 1 saturated heterocycles. The van der Waals surface area contributed by atoms with Gasteiger partial charge in [-0.3, -0.25) is 9.69 Å². The Hall–Kier alpha value is -0.650. The minimum atomic E-state index is -0.140. The molecule has 15 heavy (non-hydrogen) atoms. The highest BCUT2D eigenvalue weighted by atomic mass is 16.5. The lowest BCUT2D eigenvalue weighted by atomic mass is 10.2. The lowest BCUT2D eigenvalue weighted by Crippen LogP contribution is -2.45. The number of nitrogens with two attached hydrogens (primary N) is 1. The van der Waals surface area contributed by atoms with Crippen molar-refractivity contribution in [3.05, 3.63) is 0 Å². The fourth-order valence-corrected chi connectivity index (χ4v) is 1.68. The second-order valence-electron chi connectivity index (χ2n) is 3.71. The third-order valence-corrected chi connectivity index (χ3v) is 2.57. The van der Waals surface area contributed by atoms with Gasteiger partial charge in [-0.2, -0.15) is 0 Å². The Balaban J connectivity index is 2.12. The monoisotopic (exact) mass is 216 g/mol. The van der Waals surface area contributed by atoms with E-state index in [4.69, 9.17) is 10.5 Å². The Labute approximate surface area is 90.5 Å². The van der Waals surface area contributed by atoms with Crippen LogP contribution in [-0.4, -0.2) is 56.9 Å². The average molecular weight is 216 g/mol. The number of morpholine rings is 1. The maximum atomic E-state index is 10.9. The molecule has 0 amide bonds. The molecule has 1 rings (SSSR count). The fraction of sp³-hybridized carbons (Fsp3) is 0.900. The second-order valence-corrected chi connectivity index (χ2v) is 3.71. The minimum absolute atomic E-state index is 0.140. The van der Waals surface area contributed by atoms with E-state index >= 15 is 0 Å². The normalized spacial score (nSPS) is 22.7. The van der Waals surface area contributed by atoms with Gasteiger partial charge < -0.3 is 15.2 Å². The molecule has 0 spiro atoms.